The van der Waals surface area contributed by atoms with Crippen LogP contribution in [0.2, 0.25) is 0 Å². The van der Waals surface area contributed by atoms with Crippen LogP contribution in [0.15, 0.2) is 12.1 Å². The van der Waals surface area contributed by atoms with Gasteiger partial charge in [0.15, 0.2) is 0 Å². The van der Waals surface area contributed by atoms with E-state index >= 15 is 0 Å². The third-order valence-corrected chi connectivity index (χ3v) is 3.14. The molecule has 6 heteroatoms. The number of halogens is 1. The molecule has 1 aromatic carbocycles. The molecule has 0 aliphatic carbocycles. The van der Waals surface area contributed by atoms with Crippen LogP contribution in [0.1, 0.15) is 36.2 Å². The van der Waals surface area contributed by atoms with E-state index in [9.17, 15) is 14.0 Å². The van der Waals surface area contributed by atoms with Crippen molar-refractivity contribution in [3.8, 4) is 0 Å². The van der Waals surface area contributed by atoms with E-state index in [-0.39, 0.29) is 17.2 Å². The number of anilines is 1. The molecule has 1 rings (SSSR count). The van der Waals surface area contributed by atoms with E-state index in [0.29, 0.717) is 12.0 Å². The molecule has 0 aliphatic heterocycles. The van der Waals surface area contributed by atoms with Crippen LogP contribution in [0.25, 0.3) is 0 Å². The molecule has 0 saturated carbocycles. The topological polar surface area (TPSA) is 81.4 Å². The monoisotopic (exact) mass is 296 g/mol. The van der Waals surface area contributed by atoms with Crippen LogP contribution in [-0.2, 0) is 9.53 Å². The zero-order valence-corrected chi connectivity index (χ0v) is 12.7. The summed E-state index contributed by atoms with van der Waals surface area (Å²) in [6.07, 6.45) is 0.433. The Morgan fingerprint density at radius 3 is 2.48 bits per heavy atom. The van der Waals surface area contributed by atoms with E-state index in [1.54, 1.807) is 0 Å². The van der Waals surface area contributed by atoms with Crippen LogP contribution in [0.3, 0.4) is 0 Å². The fraction of sp³-hybridized carbons (Fsp3) is 0.467. The fourth-order valence-corrected chi connectivity index (χ4v) is 1.90. The molecule has 1 unspecified atom stereocenters. The van der Waals surface area contributed by atoms with Gasteiger partial charge in [0.05, 0.1) is 7.11 Å². The van der Waals surface area contributed by atoms with Crippen molar-refractivity contribution in [3.05, 3.63) is 29.1 Å². The van der Waals surface area contributed by atoms with Gasteiger partial charge in [0, 0.05) is 16.8 Å². The molecular weight excluding hydrogens is 275 g/mol. The largest absolute Gasteiger partial charge is 0.467 e. The lowest BCUT2D eigenvalue weighted by Gasteiger charge is -2.18. The predicted octanol–water partition coefficient (Wildman–Crippen LogP) is 2.03. The molecule has 0 heterocycles. The van der Waals surface area contributed by atoms with Gasteiger partial charge in [0.2, 0.25) is 0 Å². The van der Waals surface area contributed by atoms with Crippen molar-refractivity contribution in [2.75, 3.05) is 12.8 Å². The lowest BCUT2D eigenvalue weighted by atomic mass is 10.0. The summed E-state index contributed by atoms with van der Waals surface area (Å²) in [5, 5.41) is 2.55. The maximum atomic E-state index is 13.6. The van der Waals surface area contributed by atoms with E-state index in [4.69, 9.17) is 5.73 Å². The van der Waals surface area contributed by atoms with Crippen molar-refractivity contribution in [2.45, 2.75) is 33.2 Å². The van der Waals surface area contributed by atoms with Gasteiger partial charge in [-0.3, -0.25) is 4.79 Å². The molecule has 0 saturated heterocycles. The molecule has 3 N–H and O–H groups in total. The first-order valence-electron chi connectivity index (χ1n) is 6.70. The molecule has 1 amide bonds. The molecule has 0 aliphatic rings. The molecule has 116 valence electrons. The van der Waals surface area contributed by atoms with Crippen molar-refractivity contribution in [2.24, 2.45) is 5.92 Å². The first-order valence-corrected chi connectivity index (χ1v) is 6.70. The second kappa shape index (κ2) is 7.06. The van der Waals surface area contributed by atoms with Gasteiger partial charge in [0.25, 0.3) is 5.91 Å². The number of carbonyl (C=O) groups excluding carboxylic acids is 2. The molecule has 0 aromatic heterocycles. The number of carbonyl (C=O) groups is 2. The minimum absolute atomic E-state index is 0.0771. The Morgan fingerprint density at radius 1 is 1.38 bits per heavy atom. The first-order chi connectivity index (χ1) is 9.76. The van der Waals surface area contributed by atoms with Crippen LogP contribution >= 0.6 is 0 Å². The SMILES string of the molecule is COC(=O)C(CC(C)C)NC(=O)c1cc(N)c(C)c(F)c1. The van der Waals surface area contributed by atoms with Gasteiger partial charge in [-0.1, -0.05) is 13.8 Å². The van der Waals surface area contributed by atoms with Crippen LogP contribution in [0.5, 0.6) is 0 Å². The molecule has 0 fully saturated rings. The lowest BCUT2D eigenvalue weighted by Crippen LogP contribution is -2.42. The number of nitrogens with two attached hydrogens (primary N) is 1. The average Bonchev–Trinajstić information content (AvgIpc) is 2.41. The van der Waals surface area contributed by atoms with E-state index < -0.39 is 23.7 Å². The van der Waals surface area contributed by atoms with Crippen LogP contribution in [0, 0.1) is 18.7 Å². The Balaban J connectivity index is 2.94. The maximum absolute atomic E-state index is 13.6. The van der Waals surface area contributed by atoms with Gasteiger partial charge >= 0.3 is 5.97 Å². The lowest BCUT2D eigenvalue weighted by molar-refractivity contribution is -0.143. The van der Waals surface area contributed by atoms with Gasteiger partial charge in [-0.15, -0.1) is 0 Å². The molecule has 0 bridgehead atoms. The molecule has 1 atom stereocenters. The predicted molar refractivity (Wildman–Crippen MR) is 78.3 cm³/mol. The maximum Gasteiger partial charge on any atom is 0.328 e. The summed E-state index contributed by atoms with van der Waals surface area (Å²) in [4.78, 5) is 23.8. The first kappa shape index (κ1) is 16.9. The Kier molecular flexibility index (Phi) is 5.69. The normalized spacial score (nSPS) is 12.1. The van der Waals surface area contributed by atoms with Crippen molar-refractivity contribution >= 4 is 17.6 Å². The van der Waals surface area contributed by atoms with E-state index in [0.717, 1.165) is 6.07 Å². The number of nitrogen functional groups attached to an aromatic ring is 1. The number of amides is 1. The summed E-state index contributed by atoms with van der Waals surface area (Å²) in [7, 11) is 1.26. The van der Waals surface area contributed by atoms with Gasteiger partial charge in [0.1, 0.15) is 11.9 Å². The van der Waals surface area contributed by atoms with Gasteiger partial charge in [-0.2, -0.15) is 0 Å². The number of benzene rings is 1. The van der Waals surface area contributed by atoms with Crippen LogP contribution in [-0.4, -0.2) is 25.0 Å². The summed E-state index contributed by atoms with van der Waals surface area (Å²) in [5.41, 5.74) is 6.21. The Hall–Kier alpha value is -2.11. The van der Waals surface area contributed by atoms with Gasteiger partial charge < -0.3 is 15.8 Å². The molecule has 0 radical (unpaired) electrons. The fourth-order valence-electron chi connectivity index (χ4n) is 1.90. The van der Waals surface area contributed by atoms with Crippen molar-refractivity contribution in [1.29, 1.82) is 0 Å². The minimum atomic E-state index is -0.770. The third-order valence-electron chi connectivity index (χ3n) is 3.14. The Labute approximate surface area is 123 Å². The standard InChI is InChI=1S/C15H21FN2O3/c1-8(2)5-13(15(20)21-4)18-14(19)10-6-11(16)9(3)12(17)7-10/h6-8,13H,5,17H2,1-4H3,(H,18,19). The summed E-state index contributed by atoms with van der Waals surface area (Å²) in [5.74, 6) is -1.46. The van der Waals surface area contributed by atoms with E-state index in [2.05, 4.69) is 10.1 Å². The molecule has 21 heavy (non-hydrogen) atoms. The number of ether oxygens (including phenoxy) is 1. The number of hydrogen-bond acceptors (Lipinski definition) is 4. The summed E-state index contributed by atoms with van der Waals surface area (Å²) in [6.45, 7) is 5.37. The molecular formula is C15H21FN2O3. The van der Waals surface area contributed by atoms with Crippen molar-refractivity contribution in [1.82, 2.24) is 5.32 Å². The summed E-state index contributed by atoms with van der Waals surface area (Å²) in [6, 6.07) is 1.72. The second-order valence-electron chi connectivity index (χ2n) is 5.35. The van der Waals surface area contributed by atoms with Crippen molar-refractivity contribution in [3.63, 3.8) is 0 Å². The zero-order valence-electron chi connectivity index (χ0n) is 12.7. The summed E-state index contributed by atoms with van der Waals surface area (Å²) >= 11 is 0. The van der Waals surface area contributed by atoms with Crippen LogP contribution in [0.4, 0.5) is 10.1 Å². The van der Waals surface area contributed by atoms with Crippen LogP contribution < -0.4 is 11.1 Å². The highest BCUT2D eigenvalue weighted by Crippen LogP contribution is 2.18. The highest BCUT2D eigenvalue weighted by molar-refractivity contribution is 5.97. The highest BCUT2D eigenvalue weighted by Gasteiger charge is 2.23. The van der Waals surface area contributed by atoms with Gasteiger partial charge in [-0.05, 0) is 31.4 Å². The molecule has 5 nitrogen and oxygen atoms in total. The van der Waals surface area contributed by atoms with E-state index in [1.807, 2.05) is 13.8 Å². The van der Waals surface area contributed by atoms with Crippen molar-refractivity contribution < 1.29 is 18.7 Å². The quantitative estimate of drug-likeness (QED) is 0.643. The molecule has 1 aromatic rings. The average molecular weight is 296 g/mol. The smallest absolute Gasteiger partial charge is 0.328 e. The Bertz CT molecular complexity index is 521. The highest BCUT2D eigenvalue weighted by atomic mass is 19.1. The number of methoxy groups -OCH3 is 1. The minimum Gasteiger partial charge on any atom is -0.467 e. The summed E-state index contributed by atoms with van der Waals surface area (Å²) < 4.78 is 18.3. The zero-order chi connectivity index (χ0) is 16.2. The number of rotatable bonds is 5. The van der Waals surface area contributed by atoms with Gasteiger partial charge in [-0.25, -0.2) is 9.18 Å². The number of hydrogen-bond donors (Lipinski definition) is 2. The number of esters is 1. The third kappa shape index (κ3) is 4.44. The van der Waals surface area contributed by atoms with E-state index in [1.165, 1.54) is 20.1 Å². The second-order valence-corrected chi connectivity index (χ2v) is 5.35. The Morgan fingerprint density at radius 2 is 2.00 bits per heavy atom. The molecule has 0 spiro atoms. The number of nitrogens with one attached hydrogen (secondary N) is 1.